The normalized spacial score (nSPS) is 18.8. The van der Waals surface area contributed by atoms with E-state index < -0.39 is 0 Å². The lowest BCUT2D eigenvalue weighted by molar-refractivity contribution is -0.122. The maximum atomic E-state index is 12.3. The van der Waals surface area contributed by atoms with Crippen molar-refractivity contribution in [1.82, 2.24) is 0 Å². The molecule has 5 heteroatoms. The first-order chi connectivity index (χ1) is 11.4. The standard InChI is InChI=1S/C19H19ClN2O2/c1-11-3-6-15(9-12(11)2)22-19(24)17-10-16(17)18(23)21-14-7-4-13(20)5-8-14/h3-9,16-17H,10H2,1-2H3,(H,21,23)(H,22,24). The molecule has 0 aliphatic heterocycles. The zero-order valence-electron chi connectivity index (χ0n) is 13.6. The number of halogens is 1. The molecule has 24 heavy (non-hydrogen) atoms. The Bertz CT molecular complexity index is 786. The molecule has 0 heterocycles. The number of rotatable bonds is 4. The number of hydrogen-bond acceptors (Lipinski definition) is 2. The fourth-order valence-corrected chi connectivity index (χ4v) is 2.72. The molecule has 0 spiro atoms. The molecule has 124 valence electrons. The second-order valence-corrected chi connectivity index (χ2v) is 6.67. The van der Waals surface area contributed by atoms with Gasteiger partial charge in [0, 0.05) is 16.4 Å². The average molecular weight is 343 g/mol. The van der Waals surface area contributed by atoms with E-state index in [2.05, 4.69) is 10.6 Å². The van der Waals surface area contributed by atoms with Gasteiger partial charge in [0.1, 0.15) is 0 Å². The number of anilines is 2. The monoisotopic (exact) mass is 342 g/mol. The SMILES string of the molecule is Cc1ccc(NC(=O)C2CC2C(=O)Nc2ccc(Cl)cc2)cc1C. The van der Waals surface area contributed by atoms with Crippen LogP contribution in [0.25, 0.3) is 0 Å². The second kappa shape index (κ2) is 6.65. The van der Waals surface area contributed by atoms with Crippen molar-refractivity contribution in [3.8, 4) is 0 Å². The number of benzene rings is 2. The highest BCUT2D eigenvalue weighted by atomic mass is 35.5. The molecule has 2 unspecified atom stereocenters. The molecule has 0 aromatic heterocycles. The molecule has 1 saturated carbocycles. The Morgan fingerprint density at radius 3 is 2.00 bits per heavy atom. The van der Waals surface area contributed by atoms with Crippen LogP contribution in [0.15, 0.2) is 42.5 Å². The molecule has 2 atom stereocenters. The molecule has 0 radical (unpaired) electrons. The van der Waals surface area contributed by atoms with Gasteiger partial charge in [-0.25, -0.2) is 0 Å². The van der Waals surface area contributed by atoms with Crippen LogP contribution < -0.4 is 10.6 Å². The Morgan fingerprint density at radius 1 is 0.875 bits per heavy atom. The smallest absolute Gasteiger partial charge is 0.228 e. The van der Waals surface area contributed by atoms with Crippen LogP contribution in [0.2, 0.25) is 5.02 Å². The van der Waals surface area contributed by atoms with Crippen molar-refractivity contribution in [3.63, 3.8) is 0 Å². The van der Waals surface area contributed by atoms with E-state index in [4.69, 9.17) is 11.6 Å². The number of aryl methyl sites for hydroxylation is 2. The van der Waals surface area contributed by atoms with Crippen LogP contribution in [-0.4, -0.2) is 11.8 Å². The van der Waals surface area contributed by atoms with Gasteiger partial charge < -0.3 is 10.6 Å². The predicted octanol–water partition coefficient (Wildman–Crippen LogP) is 4.17. The minimum Gasteiger partial charge on any atom is -0.326 e. The third-order valence-corrected chi connectivity index (χ3v) is 4.60. The quantitative estimate of drug-likeness (QED) is 0.876. The Morgan fingerprint density at radius 2 is 1.42 bits per heavy atom. The van der Waals surface area contributed by atoms with E-state index in [0.717, 1.165) is 11.3 Å². The number of carbonyl (C=O) groups is 2. The fraction of sp³-hybridized carbons (Fsp3) is 0.263. The van der Waals surface area contributed by atoms with Gasteiger partial charge in [0.05, 0.1) is 11.8 Å². The number of amides is 2. The van der Waals surface area contributed by atoms with Gasteiger partial charge in [0.15, 0.2) is 0 Å². The minimum absolute atomic E-state index is 0.102. The maximum Gasteiger partial charge on any atom is 0.228 e. The third-order valence-electron chi connectivity index (χ3n) is 4.35. The van der Waals surface area contributed by atoms with Crippen LogP contribution in [0, 0.1) is 25.7 Å². The highest BCUT2D eigenvalue weighted by Crippen LogP contribution is 2.40. The lowest BCUT2D eigenvalue weighted by Crippen LogP contribution is -2.20. The van der Waals surface area contributed by atoms with Crippen molar-refractivity contribution < 1.29 is 9.59 Å². The Hall–Kier alpha value is -2.33. The van der Waals surface area contributed by atoms with Crippen LogP contribution in [0.4, 0.5) is 11.4 Å². The van der Waals surface area contributed by atoms with Crippen molar-refractivity contribution in [2.75, 3.05) is 10.6 Å². The molecule has 1 aliphatic rings. The summed E-state index contributed by atoms with van der Waals surface area (Å²) in [5, 5.41) is 6.33. The summed E-state index contributed by atoms with van der Waals surface area (Å²) in [6, 6.07) is 12.7. The van der Waals surface area contributed by atoms with Crippen molar-refractivity contribution in [2.45, 2.75) is 20.3 Å². The molecule has 4 nitrogen and oxygen atoms in total. The van der Waals surface area contributed by atoms with Gasteiger partial charge in [0.25, 0.3) is 0 Å². The van der Waals surface area contributed by atoms with E-state index in [1.165, 1.54) is 5.56 Å². The molecular weight excluding hydrogens is 324 g/mol. The summed E-state index contributed by atoms with van der Waals surface area (Å²) in [7, 11) is 0. The summed E-state index contributed by atoms with van der Waals surface area (Å²) in [4.78, 5) is 24.5. The zero-order chi connectivity index (χ0) is 17.3. The van der Waals surface area contributed by atoms with Crippen LogP contribution >= 0.6 is 11.6 Å². The van der Waals surface area contributed by atoms with E-state index >= 15 is 0 Å². The predicted molar refractivity (Wildman–Crippen MR) is 96.2 cm³/mol. The van der Waals surface area contributed by atoms with Crippen molar-refractivity contribution in [3.05, 3.63) is 58.6 Å². The van der Waals surface area contributed by atoms with Crippen LogP contribution in [0.3, 0.4) is 0 Å². The van der Waals surface area contributed by atoms with Crippen LogP contribution in [0.1, 0.15) is 17.5 Å². The average Bonchev–Trinajstić information content (AvgIpc) is 3.34. The Kier molecular flexibility index (Phi) is 4.58. The van der Waals surface area contributed by atoms with Gasteiger partial charge in [-0.05, 0) is 67.8 Å². The van der Waals surface area contributed by atoms with Crippen molar-refractivity contribution >= 4 is 34.8 Å². The van der Waals surface area contributed by atoms with Gasteiger partial charge in [-0.1, -0.05) is 17.7 Å². The molecule has 0 bridgehead atoms. The van der Waals surface area contributed by atoms with E-state index in [1.807, 2.05) is 32.0 Å². The Balaban J connectivity index is 1.55. The molecule has 0 saturated heterocycles. The fourth-order valence-electron chi connectivity index (χ4n) is 2.60. The molecule has 2 N–H and O–H groups in total. The lowest BCUT2D eigenvalue weighted by atomic mass is 10.1. The van der Waals surface area contributed by atoms with Gasteiger partial charge in [-0.2, -0.15) is 0 Å². The zero-order valence-corrected chi connectivity index (χ0v) is 14.4. The number of nitrogens with one attached hydrogen (secondary N) is 2. The topological polar surface area (TPSA) is 58.2 Å². The minimum atomic E-state index is -0.271. The van der Waals surface area contributed by atoms with E-state index in [1.54, 1.807) is 24.3 Å². The highest BCUT2D eigenvalue weighted by molar-refractivity contribution is 6.30. The van der Waals surface area contributed by atoms with Crippen molar-refractivity contribution in [1.29, 1.82) is 0 Å². The highest BCUT2D eigenvalue weighted by Gasteiger charge is 2.48. The Labute approximate surface area is 146 Å². The largest absolute Gasteiger partial charge is 0.326 e. The summed E-state index contributed by atoms with van der Waals surface area (Å²) < 4.78 is 0. The van der Waals surface area contributed by atoms with Crippen LogP contribution in [-0.2, 0) is 9.59 Å². The number of carbonyl (C=O) groups excluding carboxylic acids is 2. The van der Waals surface area contributed by atoms with Gasteiger partial charge in [-0.15, -0.1) is 0 Å². The van der Waals surface area contributed by atoms with E-state index in [0.29, 0.717) is 17.1 Å². The van der Waals surface area contributed by atoms with Gasteiger partial charge >= 0.3 is 0 Å². The summed E-state index contributed by atoms with van der Waals surface area (Å²) in [6.45, 7) is 4.03. The van der Waals surface area contributed by atoms with Crippen LogP contribution in [0.5, 0.6) is 0 Å². The van der Waals surface area contributed by atoms with E-state index in [9.17, 15) is 9.59 Å². The first-order valence-corrected chi connectivity index (χ1v) is 8.26. The second-order valence-electron chi connectivity index (χ2n) is 6.23. The first-order valence-electron chi connectivity index (χ1n) is 7.88. The van der Waals surface area contributed by atoms with E-state index in [-0.39, 0.29) is 23.7 Å². The molecular formula is C19H19ClN2O2. The molecule has 2 aromatic carbocycles. The van der Waals surface area contributed by atoms with Gasteiger partial charge in [-0.3, -0.25) is 9.59 Å². The third kappa shape index (κ3) is 3.77. The maximum absolute atomic E-state index is 12.3. The summed E-state index contributed by atoms with van der Waals surface area (Å²) in [5.41, 5.74) is 3.76. The first kappa shape index (κ1) is 16.5. The van der Waals surface area contributed by atoms with Gasteiger partial charge in [0.2, 0.25) is 11.8 Å². The summed E-state index contributed by atoms with van der Waals surface area (Å²) in [6.07, 6.45) is 0.579. The molecule has 1 aliphatic carbocycles. The molecule has 2 amide bonds. The molecule has 3 rings (SSSR count). The summed E-state index contributed by atoms with van der Waals surface area (Å²) >= 11 is 5.82. The summed E-state index contributed by atoms with van der Waals surface area (Å²) in [5.74, 6) is -0.766. The number of hydrogen-bond donors (Lipinski definition) is 2. The molecule has 2 aromatic rings. The van der Waals surface area contributed by atoms with Crippen molar-refractivity contribution in [2.24, 2.45) is 11.8 Å². The lowest BCUT2D eigenvalue weighted by Gasteiger charge is -2.08. The molecule has 1 fully saturated rings.